The molecule has 0 bridgehead atoms. The minimum Gasteiger partial charge on any atom is -0.356 e. The van der Waals surface area contributed by atoms with Gasteiger partial charge in [0.05, 0.1) is 11.4 Å². The Balaban J connectivity index is 2.02. The van der Waals surface area contributed by atoms with E-state index < -0.39 is 11.6 Å². The van der Waals surface area contributed by atoms with Crippen LogP contribution in [0.1, 0.15) is 59.1 Å². The number of hydrogen-bond acceptors (Lipinski definition) is 4. The molecule has 2 rings (SSSR count). The maximum absolute atomic E-state index is 12.3. The number of ketones is 4. The second-order valence-electron chi connectivity index (χ2n) is 5.86. The van der Waals surface area contributed by atoms with Crippen LogP contribution in [0.3, 0.4) is 0 Å². The Morgan fingerprint density at radius 3 is 1.42 bits per heavy atom. The summed E-state index contributed by atoms with van der Waals surface area (Å²) >= 11 is 0. The van der Waals surface area contributed by atoms with Crippen molar-refractivity contribution in [3.8, 4) is 0 Å². The smallest absolute Gasteiger partial charge is 0.251 e. The van der Waals surface area contributed by atoms with Crippen molar-refractivity contribution in [2.75, 3.05) is 0 Å². The Bertz CT molecular complexity index is 716. The van der Waals surface area contributed by atoms with E-state index in [4.69, 9.17) is 0 Å². The molecule has 2 heterocycles. The van der Waals surface area contributed by atoms with Gasteiger partial charge in [-0.05, 0) is 51.0 Å². The third kappa shape index (κ3) is 4.62. The summed E-state index contributed by atoms with van der Waals surface area (Å²) < 4.78 is 0. The second-order valence-corrected chi connectivity index (χ2v) is 5.86. The number of carbonyl (C=O) groups excluding carboxylic acids is 4. The van der Waals surface area contributed by atoms with Crippen LogP contribution in [-0.2, 0) is 22.4 Å². The molecule has 0 aliphatic carbocycles. The summed E-state index contributed by atoms with van der Waals surface area (Å²) in [6, 6.07) is 6.51. The van der Waals surface area contributed by atoms with Crippen LogP contribution >= 0.6 is 0 Å². The van der Waals surface area contributed by atoms with E-state index in [1.807, 2.05) is 0 Å². The lowest BCUT2D eigenvalue weighted by molar-refractivity contribution is -0.117. The molecule has 2 N–H and O–H groups in total. The summed E-state index contributed by atoms with van der Waals surface area (Å²) in [5.41, 5.74) is 1.90. The van der Waals surface area contributed by atoms with Crippen LogP contribution < -0.4 is 0 Å². The fourth-order valence-electron chi connectivity index (χ4n) is 2.30. The van der Waals surface area contributed by atoms with E-state index in [0.717, 1.165) is 11.4 Å². The lowest BCUT2D eigenvalue weighted by atomic mass is 10.1. The first-order valence-electron chi connectivity index (χ1n) is 7.80. The van der Waals surface area contributed by atoms with Gasteiger partial charge in [-0.25, -0.2) is 0 Å². The van der Waals surface area contributed by atoms with E-state index in [1.165, 1.54) is 13.8 Å². The quantitative estimate of drug-likeness (QED) is 0.545. The second kappa shape index (κ2) is 7.68. The molecule has 2 aromatic heterocycles. The number of carbonyl (C=O) groups is 4. The van der Waals surface area contributed by atoms with Gasteiger partial charge in [-0.1, -0.05) is 0 Å². The molecule has 6 nitrogen and oxygen atoms in total. The predicted octanol–water partition coefficient (Wildman–Crippen LogP) is 2.45. The van der Waals surface area contributed by atoms with Gasteiger partial charge in [0, 0.05) is 24.2 Å². The lowest BCUT2D eigenvalue weighted by Crippen LogP contribution is -2.15. The van der Waals surface area contributed by atoms with Crippen LogP contribution in [-0.4, -0.2) is 33.1 Å². The molecular formula is C18H20N2O4. The highest BCUT2D eigenvalue weighted by atomic mass is 16.2. The molecular weight excluding hydrogens is 308 g/mol. The minimum atomic E-state index is -0.635. The number of nitrogens with one attached hydrogen (secondary N) is 2. The molecule has 0 radical (unpaired) electrons. The standard InChI is InChI=1S/C18H20N2O4/c1-11(21)3-5-13-7-9-15(19-13)17(23)18(24)16-10-8-14(20-16)6-4-12(2)22/h7-10,19-20H,3-6H2,1-2H3. The van der Waals surface area contributed by atoms with E-state index in [1.54, 1.807) is 24.3 Å². The minimum absolute atomic E-state index is 0.0676. The van der Waals surface area contributed by atoms with Crippen LogP contribution in [0.5, 0.6) is 0 Å². The van der Waals surface area contributed by atoms with E-state index >= 15 is 0 Å². The first kappa shape index (κ1) is 17.6. The van der Waals surface area contributed by atoms with Gasteiger partial charge in [-0.3, -0.25) is 9.59 Å². The largest absolute Gasteiger partial charge is 0.356 e. The third-order valence-corrected chi connectivity index (χ3v) is 3.68. The number of aromatic amines is 2. The van der Waals surface area contributed by atoms with Crippen LogP contribution in [0.4, 0.5) is 0 Å². The van der Waals surface area contributed by atoms with Crippen molar-refractivity contribution in [1.82, 2.24) is 9.97 Å². The molecule has 0 aliphatic heterocycles. The van der Waals surface area contributed by atoms with Crippen molar-refractivity contribution < 1.29 is 19.2 Å². The maximum atomic E-state index is 12.3. The van der Waals surface area contributed by atoms with Crippen LogP contribution in [0.25, 0.3) is 0 Å². The van der Waals surface area contributed by atoms with Crippen molar-refractivity contribution in [2.24, 2.45) is 0 Å². The Hall–Kier alpha value is -2.76. The zero-order valence-corrected chi connectivity index (χ0v) is 13.8. The van der Waals surface area contributed by atoms with Gasteiger partial charge in [-0.15, -0.1) is 0 Å². The molecule has 0 unspecified atom stereocenters. The van der Waals surface area contributed by atoms with Crippen LogP contribution in [0.2, 0.25) is 0 Å². The Morgan fingerprint density at radius 2 is 1.08 bits per heavy atom. The number of Topliss-reactive ketones (excluding diaryl/α,β-unsaturated/α-hetero) is 4. The van der Waals surface area contributed by atoms with Crippen molar-refractivity contribution >= 4 is 23.1 Å². The molecule has 0 amide bonds. The summed E-state index contributed by atoms with van der Waals surface area (Å²) in [7, 11) is 0. The molecule has 6 heteroatoms. The average molecular weight is 328 g/mol. The normalized spacial score (nSPS) is 10.6. The van der Waals surface area contributed by atoms with Crippen molar-refractivity contribution in [3.63, 3.8) is 0 Å². The summed E-state index contributed by atoms with van der Waals surface area (Å²) in [6.07, 6.45) is 1.79. The summed E-state index contributed by atoms with van der Waals surface area (Å²) in [5, 5.41) is 0. The van der Waals surface area contributed by atoms with Gasteiger partial charge in [-0.2, -0.15) is 0 Å². The Labute approximate surface area is 139 Å². The highest BCUT2D eigenvalue weighted by Gasteiger charge is 2.21. The first-order valence-corrected chi connectivity index (χ1v) is 7.80. The van der Waals surface area contributed by atoms with Crippen LogP contribution in [0, 0.1) is 0 Å². The summed E-state index contributed by atoms with van der Waals surface area (Å²) in [6.45, 7) is 3.01. The van der Waals surface area contributed by atoms with Gasteiger partial charge in [0.1, 0.15) is 11.6 Å². The predicted molar refractivity (Wildman–Crippen MR) is 88.3 cm³/mol. The van der Waals surface area contributed by atoms with E-state index in [9.17, 15) is 19.2 Å². The van der Waals surface area contributed by atoms with Crippen molar-refractivity contribution in [2.45, 2.75) is 39.5 Å². The molecule has 24 heavy (non-hydrogen) atoms. The number of aryl methyl sites for hydroxylation is 2. The SMILES string of the molecule is CC(=O)CCc1ccc(C(=O)C(=O)c2ccc(CCC(C)=O)[nH]2)[nH]1. The molecule has 0 aromatic carbocycles. The zero-order chi connectivity index (χ0) is 17.7. The van der Waals surface area contributed by atoms with Gasteiger partial charge in [0.15, 0.2) is 0 Å². The third-order valence-electron chi connectivity index (χ3n) is 3.68. The van der Waals surface area contributed by atoms with Gasteiger partial charge in [0.2, 0.25) is 0 Å². The highest BCUT2D eigenvalue weighted by Crippen LogP contribution is 2.11. The molecule has 0 spiro atoms. The molecule has 0 saturated carbocycles. The molecule has 0 atom stereocenters. The lowest BCUT2D eigenvalue weighted by Gasteiger charge is -1.98. The molecule has 0 aliphatic rings. The molecule has 126 valence electrons. The number of H-pyrrole nitrogens is 2. The van der Waals surface area contributed by atoms with Gasteiger partial charge >= 0.3 is 0 Å². The first-order chi connectivity index (χ1) is 11.4. The molecule has 0 fully saturated rings. The van der Waals surface area contributed by atoms with E-state index in [2.05, 4.69) is 9.97 Å². The molecule has 0 saturated heterocycles. The average Bonchev–Trinajstić information content (AvgIpc) is 3.18. The van der Waals surface area contributed by atoms with Crippen molar-refractivity contribution in [1.29, 1.82) is 0 Å². The van der Waals surface area contributed by atoms with Gasteiger partial charge in [0.25, 0.3) is 11.6 Å². The summed E-state index contributed by atoms with van der Waals surface area (Å²) in [4.78, 5) is 52.2. The van der Waals surface area contributed by atoms with Gasteiger partial charge < -0.3 is 19.6 Å². The van der Waals surface area contributed by atoms with Crippen molar-refractivity contribution in [3.05, 3.63) is 47.0 Å². The summed E-state index contributed by atoms with van der Waals surface area (Å²) in [5.74, 6) is -1.14. The zero-order valence-electron chi connectivity index (χ0n) is 13.8. The van der Waals surface area contributed by atoms with E-state index in [-0.39, 0.29) is 23.0 Å². The number of rotatable bonds is 9. The monoisotopic (exact) mass is 328 g/mol. The fraction of sp³-hybridized carbons (Fsp3) is 0.333. The Morgan fingerprint density at radius 1 is 0.708 bits per heavy atom. The fourth-order valence-corrected chi connectivity index (χ4v) is 2.30. The van der Waals surface area contributed by atoms with E-state index in [0.29, 0.717) is 25.7 Å². The topological polar surface area (TPSA) is 99.9 Å². The number of aromatic nitrogens is 2. The maximum Gasteiger partial charge on any atom is 0.251 e. The highest BCUT2D eigenvalue weighted by molar-refractivity contribution is 6.48. The Kier molecular flexibility index (Phi) is 5.63. The number of hydrogen-bond donors (Lipinski definition) is 2. The molecule has 2 aromatic rings. The van der Waals surface area contributed by atoms with Crippen LogP contribution in [0.15, 0.2) is 24.3 Å².